The largest absolute Gasteiger partial charge is 0.478 e. The van der Waals surface area contributed by atoms with Crippen LogP contribution in [0.4, 0.5) is 11.4 Å². The van der Waals surface area contributed by atoms with Crippen molar-refractivity contribution in [3.05, 3.63) is 33.9 Å². The quantitative estimate of drug-likeness (QED) is 0.487. The predicted molar refractivity (Wildman–Crippen MR) is 66.8 cm³/mol. The van der Waals surface area contributed by atoms with E-state index in [0.717, 1.165) is 6.07 Å². The topological polar surface area (TPSA) is 83.7 Å². The summed E-state index contributed by atoms with van der Waals surface area (Å²) in [6.45, 7) is 2.54. The number of anilines is 1. The molecule has 0 bridgehead atoms. The number of nitro benzene ring substituents is 1. The molecule has 6 heteroatoms. The maximum Gasteiger partial charge on any atom is 0.335 e. The molecule has 0 aromatic heterocycles. The van der Waals surface area contributed by atoms with E-state index in [1.807, 2.05) is 6.92 Å². The zero-order valence-electron chi connectivity index (χ0n) is 9.79. The first kappa shape index (κ1) is 13.5. The van der Waals surface area contributed by atoms with Gasteiger partial charge in [-0.3, -0.25) is 10.1 Å². The highest BCUT2D eigenvalue weighted by atomic mass is 16.6. The van der Waals surface area contributed by atoms with Crippen LogP contribution in [-0.2, 0) is 0 Å². The van der Waals surface area contributed by atoms with Gasteiger partial charge in [-0.2, -0.15) is 0 Å². The van der Waals surface area contributed by atoms with Crippen molar-refractivity contribution in [2.45, 2.75) is 6.92 Å². The number of nitro groups is 1. The summed E-state index contributed by atoms with van der Waals surface area (Å²) in [5, 5.41) is 19.8. The van der Waals surface area contributed by atoms with Crippen LogP contribution in [0.3, 0.4) is 0 Å². The molecule has 0 fully saturated rings. The Balaban J connectivity index is 3.31. The molecule has 1 N–H and O–H groups in total. The molecule has 18 heavy (non-hydrogen) atoms. The van der Waals surface area contributed by atoms with Gasteiger partial charge in [-0.1, -0.05) is 5.92 Å². The van der Waals surface area contributed by atoms with E-state index in [0.29, 0.717) is 12.2 Å². The summed E-state index contributed by atoms with van der Waals surface area (Å²) in [7, 11) is 0. The minimum Gasteiger partial charge on any atom is -0.478 e. The van der Waals surface area contributed by atoms with Gasteiger partial charge in [0, 0.05) is 12.6 Å². The van der Waals surface area contributed by atoms with Crippen molar-refractivity contribution >= 4 is 17.3 Å². The lowest BCUT2D eigenvalue weighted by Gasteiger charge is -2.20. The van der Waals surface area contributed by atoms with Crippen LogP contribution in [0.5, 0.6) is 0 Å². The molecule has 0 radical (unpaired) electrons. The molecule has 0 amide bonds. The van der Waals surface area contributed by atoms with Crippen LogP contribution in [0.2, 0.25) is 0 Å². The highest BCUT2D eigenvalue weighted by Gasteiger charge is 2.20. The van der Waals surface area contributed by atoms with Crippen molar-refractivity contribution in [2.24, 2.45) is 0 Å². The molecule has 94 valence electrons. The monoisotopic (exact) mass is 248 g/mol. The lowest BCUT2D eigenvalue weighted by atomic mass is 10.1. The second kappa shape index (κ2) is 5.68. The summed E-state index contributed by atoms with van der Waals surface area (Å²) in [5.41, 5.74) is -0.0559. The molecule has 1 aromatic carbocycles. The Morgan fingerprint density at radius 1 is 1.61 bits per heavy atom. The Kier molecular flexibility index (Phi) is 4.27. The van der Waals surface area contributed by atoms with Crippen molar-refractivity contribution in [1.82, 2.24) is 0 Å². The third-order valence-electron chi connectivity index (χ3n) is 2.42. The summed E-state index contributed by atoms with van der Waals surface area (Å²) in [6, 6.07) is 3.77. The average Bonchev–Trinajstić information content (AvgIpc) is 2.35. The Labute approximate surface area is 104 Å². The van der Waals surface area contributed by atoms with Crippen molar-refractivity contribution in [1.29, 1.82) is 0 Å². The maximum absolute atomic E-state index is 11.0. The molecule has 1 rings (SSSR count). The van der Waals surface area contributed by atoms with Gasteiger partial charge >= 0.3 is 5.97 Å². The van der Waals surface area contributed by atoms with E-state index in [4.69, 9.17) is 11.5 Å². The highest BCUT2D eigenvalue weighted by Crippen LogP contribution is 2.29. The van der Waals surface area contributed by atoms with Gasteiger partial charge in [-0.15, -0.1) is 6.42 Å². The molecular formula is C12H12N2O4. The van der Waals surface area contributed by atoms with Gasteiger partial charge in [0.05, 0.1) is 17.0 Å². The standard InChI is InChI=1S/C12H12N2O4/c1-3-7-13(4-2)10-6-5-9(12(15)16)8-11(10)14(17)18/h1,5-6,8H,4,7H2,2H3,(H,15,16). The Morgan fingerprint density at radius 3 is 2.72 bits per heavy atom. The molecular weight excluding hydrogens is 236 g/mol. The van der Waals surface area contributed by atoms with E-state index in [1.54, 1.807) is 4.90 Å². The first-order chi connectivity index (χ1) is 8.51. The predicted octanol–water partition coefficient (Wildman–Crippen LogP) is 1.75. The fourth-order valence-electron chi connectivity index (χ4n) is 1.55. The van der Waals surface area contributed by atoms with Gasteiger partial charge in [0.2, 0.25) is 0 Å². The molecule has 6 nitrogen and oxygen atoms in total. The zero-order valence-corrected chi connectivity index (χ0v) is 9.79. The summed E-state index contributed by atoms with van der Waals surface area (Å²) in [5.74, 6) is 1.20. The highest BCUT2D eigenvalue weighted by molar-refractivity contribution is 5.89. The smallest absolute Gasteiger partial charge is 0.335 e. The molecule has 0 aliphatic heterocycles. The number of rotatable bonds is 5. The lowest BCUT2D eigenvalue weighted by Crippen LogP contribution is -2.23. The summed E-state index contributed by atoms with van der Waals surface area (Å²) in [4.78, 5) is 22.8. The number of carbonyl (C=O) groups is 1. The van der Waals surface area contributed by atoms with Gasteiger partial charge in [0.25, 0.3) is 5.69 Å². The van der Waals surface area contributed by atoms with Gasteiger partial charge in [-0.25, -0.2) is 4.79 Å². The second-order valence-corrected chi connectivity index (χ2v) is 3.48. The van der Waals surface area contributed by atoms with E-state index in [2.05, 4.69) is 5.92 Å². The average molecular weight is 248 g/mol. The molecule has 0 saturated carbocycles. The molecule has 0 atom stereocenters. The fourth-order valence-corrected chi connectivity index (χ4v) is 1.55. The van der Waals surface area contributed by atoms with E-state index < -0.39 is 10.9 Å². The number of carboxylic acid groups (broad SMARTS) is 1. The first-order valence-corrected chi connectivity index (χ1v) is 5.21. The fraction of sp³-hybridized carbons (Fsp3) is 0.250. The normalized spacial score (nSPS) is 9.56. The summed E-state index contributed by atoms with van der Waals surface area (Å²) < 4.78 is 0. The van der Waals surface area contributed by atoms with E-state index in [1.165, 1.54) is 12.1 Å². The van der Waals surface area contributed by atoms with Crippen molar-refractivity contribution in [3.8, 4) is 12.3 Å². The molecule has 0 unspecified atom stereocenters. The Morgan fingerprint density at radius 2 is 2.28 bits per heavy atom. The van der Waals surface area contributed by atoms with E-state index in [-0.39, 0.29) is 17.8 Å². The molecule has 0 spiro atoms. The number of benzene rings is 1. The molecule has 0 aliphatic carbocycles. The van der Waals surface area contributed by atoms with Crippen LogP contribution >= 0.6 is 0 Å². The maximum atomic E-state index is 11.0. The van der Waals surface area contributed by atoms with E-state index in [9.17, 15) is 14.9 Å². The van der Waals surface area contributed by atoms with Gasteiger partial charge < -0.3 is 10.0 Å². The van der Waals surface area contributed by atoms with Crippen molar-refractivity contribution < 1.29 is 14.8 Å². The number of hydrogen-bond acceptors (Lipinski definition) is 4. The molecule has 0 heterocycles. The van der Waals surface area contributed by atoms with Crippen LogP contribution in [0.1, 0.15) is 17.3 Å². The van der Waals surface area contributed by atoms with Gasteiger partial charge in [0.15, 0.2) is 0 Å². The minimum atomic E-state index is -1.20. The molecule has 1 aromatic rings. The van der Waals surface area contributed by atoms with Crippen LogP contribution < -0.4 is 4.90 Å². The van der Waals surface area contributed by atoms with Gasteiger partial charge in [0.1, 0.15) is 5.69 Å². The second-order valence-electron chi connectivity index (χ2n) is 3.48. The van der Waals surface area contributed by atoms with Crippen LogP contribution in [0, 0.1) is 22.5 Å². The number of nitrogens with zero attached hydrogens (tertiary/aromatic N) is 2. The van der Waals surface area contributed by atoms with Crippen LogP contribution in [0.25, 0.3) is 0 Å². The molecule has 0 saturated heterocycles. The number of carboxylic acids is 1. The number of terminal acetylenes is 1. The third kappa shape index (κ3) is 2.77. The van der Waals surface area contributed by atoms with Crippen molar-refractivity contribution in [3.63, 3.8) is 0 Å². The SMILES string of the molecule is C#CCN(CC)c1ccc(C(=O)O)cc1[N+](=O)[O-]. The minimum absolute atomic E-state index is 0.123. The number of hydrogen-bond donors (Lipinski definition) is 1. The lowest BCUT2D eigenvalue weighted by molar-refractivity contribution is -0.384. The third-order valence-corrected chi connectivity index (χ3v) is 2.42. The zero-order chi connectivity index (χ0) is 13.7. The Hall–Kier alpha value is -2.55. The number of aromatic carboxylic acids is 1. The van der Waals surface area contributed by atoms with Crippen LogP contribution in [0.15, 0.2) is 18.2 Å². The summed E-state index contributed by atoms with van der Waals surface area (Å²) in [6.07, 6.45) is 5.19. The first-order valence-electron chi connectivity index (χ1n) is 5.21. The molecule has 0 aliphatic rings. The summed E-state index contributed by atoms with van der Waals surface area (Å²) >= 11 is 0. The van der Waals surface area contributed by atoms with E-state index >= 15 is 0 Å². The van der Waals surface area contributed by atoms with Gasteiger partial charge in [-0.05, 0) is 19.1 Å². The van der Waals surface area contributed by atoms with Crippen LogP contribution in [-0.4, -0.2) is 29.1 Å². The Bertz CT molecular complexity index is 519. The van der Waals surface area contributed by atoms with Crippen molar-refractivity contribution in [2.75, 3.05) is 18.0 Å².